The molecule has 1 amide bonds. The van der Waals surface area contributed by atoms with E-state index in [4.69, 9.17) is 27.6 Å². The minimum Gasteiger partial charge on any atom is -0.451 e. The van der Waals surface area contributed by atoms with Crippen molar-refractivity contribution in [2.75, 3.05) is 5.32 Å². The first-order valence-corrected chi connectivity index (χ1v) is 8.33. The normalized spacial score (nSPS) is 10.7. The summed E-state index contributed by atoms with van der Waals surface area (Å²) in [6.07, 6.45) is 0.770. The van der Waals surface area contributed by atoms with Crippen LogP contribution >= 0.6 is 34.5 Å². The van der Waals surface area contributed by atoms with Crippen molar-refractivity contribution in [1.82, 2.24) is 10.2 Å². The van der Waals surface area contributed by atoms with Crippen LogP contribution < -0.4 is 5.32 Å². The molecule has 2 aromatic heterocycles. The Bertz CT molecular complexity index is 860. The summed E-state index contributed by atoms with van der Waals surface area (Å²) in [6.45, 7) is 1.97. The molecule has 0 aliphatic carbocycles. The molecule has 5 nitrogen and oxygen atoms in total. The van der Waals surface area contributed by atoms with Crippen LogP contribution in [0.5, 0.6) is 0 Å². The Morgan fingerprint density at radius 2 is 2.09 bits per heavy atom. The van der Waals surface area contributed by atoms with Crippen molar-refractivity contribution in [3.05, 3.63) is 51.1 Å². The van der Waals surface area contributed by atoms with Crippen LogP contribution in [-0.2, 0) is 6.42 Å². The zero-order valence-electron chi connectivity index (χ0n) is 12.0. The number of halogens is 2. The number of hydrogen-bond donors (Lipinski definition) is 1. The fourth-order valence-electron chi connectivity index (χ4n) is 1.90. The molecule has 23 heavy (non-hydrogen) atoms. The first-order chi connectivity index (χ1) is 11.1. The molecule has 0 spiro atoms. The van der Waals surface area contributed by atoms with Crippen molar-refractivity contribution in [2.24, 2.45) is 0 Å². The van der Waals surface area contributed by atoms with E-state index >= 15 is 0 Å². The fraction of sp³-hybridized carbons (Fsp3) is 0.133. The Kier molecular flexibility index (Phi) is 4.66. The maximum absolute atomic E-state index is 12.2. The largest absolute Gasteiger partial charge is 0.451 e. The van der Waals surface area contributed by atoms with Crippen LogP contribution in [-0.4, -0.2) is 16.1 Å². The lowest BCUT2D eigenvalue weighted by molar-refractivity contribution is 0.0997. The van der Waals surface area contributed by atoms with Crippen molar-refractivity contribution in [3.8, 4) is 11.3 Å². The standard InChI is InChI=1S/C15H11Cl2N3O2S/c1-2-12-19-20-15(23-12)18-14(21)11-7-6-10(22-11)8-4-3-5-9(16)13(8)17/h3-7H,2H2,1H3,(H,18,20,21). The van der Waals surface area contributed by atoms with Crippen molar-refractivity contribution in [2.45, 2.75) is 13.3 Å². The van der Waals surface area contributed by atoms with Gasteiger partial charge in [0.05, 0.1) is 10.0 Å². The lowest BCUT2D eigenvalue weighted by atomic mass is 10.2. The third-order valence-corrected chi connectivity index (χ3v) is 4.84. The molecule has 0 saturated carbocycles. The Morgan fingerprint density at radius 1 is 1.26 bits per heavy atom. The maximum Gasteiger partial charge on any atom is 0.293 e. The van der Waals surface area contributed by atoms with E-state index < -0.39 is 5.91 Å². The highest BCUT2D eigenvalue weighted by atomic mass is 35.5. The molecule has 0 saturated heterocycles. The number of anilines is 1. The maximum atomic E-state index is 12.2. The number of carbonyl (C=O) groups is 1. The van der Waals surface area contributed by atoms with Crippen LogP contribution in [0, 0.1) is 0 Å². The summed E-state index contributed by atoms with van der Waals surface area (Å²) in [5.41, 5.74) is 0.627. The molecular formula is C15H11Cl2N3O2S. The van der Waals surface area contributed by atoms with Gasteiger partial charge in [-0.1, -0.05) is 47.5 Å². The second kappa shape index (κ2) is 6.70. The Morgan fingerprint density at radius 3 is 2.83 bits per heavy atom. The van der Waals surface area contributed by atoms with E-state index in [1.54, 1.807) is 30.3 Å². The summed E-state index contributed by atoms with van der Waals surface area (Å²) in [5, 5.41) is 12.6. The predicted octanol–water partition coefficient (Wildman–Crippen LogP) is 4.92. The van der Waals surface area contributed by atoms with Gasteiger partial charge >= 0.3 is 0 Å². The number of rotatable bonds is 4. The van der Waals surface area contributed by atoms with Crippen LogP contribution in [0.4, 0.5) is 5.13 Å². The molecule has 8 heteroatoms. The molecule has 0 atom stereocenters. The topological polar surface area (TPSA) is 68.0 Å². The molecule has 3 aromatic rings. The van der Waals surface area contributed by atoms with Gasteiger partial charge in [0.2, 0.25) is 5.13 Å². The highest BCUT2D eigenvalue weighted by Gasteiger charge is 2.16. The molecule has 1 N–H and O–H groups in total. The summed E-state index contributed by atoms with van der Waals surface area (Å²) in [4.78, 5) is 12.2. The molecule has 2 heterocycles. The number of carbonyl (C=O) groups excluding carboxylic acids is 1. The Balaban J connectivity index is 1.81. The third kappa shape index (κ3) is 3.39. The summed E-state index contributed by atoms with van der Waals surface area (Å²) >= 11 is 13.5. The zero-order valence-corrected chi connectivity index (χ0v) is 14.3. The molecule has 0 aliphatic heterocycles. The number of nitrogens with zero attached hydrogens (tertiary/aromatic N) is 2. The first kappa shape index (κ1) is 16.0. The number of amides is 1. The van der Waals surface area contributed by atoms with Gasteiger partial charge in [-0.25, -0.2) is 0 Å². The van der Waals surface area contributed by atoms with Gasteiger partial charge in [0.1, 0.15) is 10.8 Å². The van der Waals surface area contributed by atoms with Gasteiger partial charge in [-0.05, 0) is 30.7 Å². The van der Waals surface area contributed by atoms with Gasteiger partial charge in [-0.15, -0.1) is 10.2 Å². The van der Waals surface area contributed by atoms with E-state index in [1.807, 2.05) is 6.92 Å². The average Bonchev–Trinajstić information content (AvgIpc) is 3.19. The third-order valence-electron chi connectivity index (χ3n) is 3.04. The van der Waals surface area contributed by atoms with Gasteiger partial charge in [0.15, 0.2) is 5.76 Å². The Hall–Kier alpha value is -1.89. The van der Waals surface area contributed by atoms with Crippen LogP contribution in [0.2, 0.25) is 10.0 Å². The van der Waals surface area contributed by atoms with Crippen LogP contribution in [0.15, 0.2) is 34.7 Å². The summed E-state index contributed by atoms with van der Waals surface area (Å²) in [5.74, 6) is 0.228. The molecule has 3 rings (SSSR count). The van der Waals surface area contributed by atoms with Crippen molar-refractivity contribution >= 4 is 45.6 Å². The van der Waals surface area contributed by atoms with E-state index in [1.165, 1.54) is 11.3 Å². The molecule has 0 radical (unpaired) electrons. The van der Waals surface area contributed by atoms with E-state index in [9.17, 15) is 4.79 Å². The van der Waals surface area contributed by atoms with Gasteiger partial charge in [-0.2, -0.15) is 0 Å². The minimum atomic E-state index is -0.395. The molecular weight excluding hydrogens is 357 g/mol. The van der Waals surface area contributed by atoms with Crippen molar-refractivity contribution in [1.29, 1.82) is 0 Å². The molecule has 118 valence electrons. The quantitative estimate of drug-likeness (QED) is 0.710. The van der Waals surface area contributed by atoms with Gasteiger partial charge in [0.25, 0.3) is 5.91 Å². The highest BCUT2D eigenvalue weighted by molar-refractivity contribution is 7.15. The summed E-state index contributed by atoms with van der Waals surface area (Å²) in [7, 11) is 0. The van der Waals surface area contributed by atoms with Gasteiger partial charge < -0.3 is 4.42 Å². The first-order valence-electron chi connectivity index (χ1n) is 6.76. The van der Waals surface area contributed by atoms with Crippen LogP contribution in [0.3, 0.4) is 0 Å². The number of nitrogens with one attached hydrogen (secondary N) is 1. The van der Waals surface area contributed by atoms with Crippen LogP contribution in [0.1, 0.15) is 22.5 Å². The SMILES string of the molecule is CCc1nnc(NC(=O)c2ccc(-c3cccc(Cl)c3Cl)o2)s1. The van der Waals surface area contributed by atoms with Crippen molar-refractivity contribution < 1.29 is 9.21 Å². The molecule has 0 unspecified atom stereocenters. The van der Waals surface area contributed by atoms with Gasteiger partial charge in [-0.3, -0.25) is 10.1 Å². The minimum absolute atomic E-state index is 0.157. The number of hydrogen-bond acceptors (Lipinski definition) is 5. The summed E-state index contributed by atoms with van der Waals surface area (Å²) < 4.78 is 5.57. The van der Waals surface area contributed by atoms with E-state index in [2.05, 4.69) is 15.5 Å². The monoisotopic (exact) mass is 367 g/mol. The number of benzene rings is 1. The second-order valence-corrected chi connectivity index (χ2v) is 6.42. The smallest absolute Gasteiger partial charge is 0.293 e. The fourth-order valence-corrected chi connectivity index (χ4v) is 2.97. The molecule has 0 fully saturated rings. The molecule has 0 aliphatic rings. The second-order valence-electron chi connectivity index (χ2n) is 4.57. The number of aromatic nitrogens is 2. The zero-order chi connectivity index (χ0) is 16.4. The predicted molar refractivity (Wildman–Crippen MR) is 91.4 cm³/mol. The van der Waals surface area contributed by atoms with E-state index in [0.717, 1.165) is 11.4 Å². The highest BCUT2D eigenvalue weighted by Crippen LogP contribution is 2.34. The number of aryl methyl sites for hydroxylation is 1. The molecule has 0 bridgehead atoms. The Labute approximate surface area is 146 Å². The lowest BCUT2D eigenvalue weighted by Gasteiger charge is -2.02. The van der Waals surface area contributed by atoms with E-state index in [0.29, 0.717) is 26.5 Å². The van der Waals surface area contributed by atoms with Crippen LogP contribution in [0.25, 0.3) is 11.3 Å². The summed E-state index contributed by atoms with van der Waals surface area (Å²) in [6, 6.07) is 8.46. The van der Waals surface area contributed by atoms with E-state index in [-0.39, 0.29) is 5.76 Å². The average molecular weight is 368 g/mol. The lowest BCUT2D eigenvalue weighted by Crippen LogP contribution is -2.10. The van der Waals surface area contributed by atoms with Gasteiger partial charge in [0, 0.05) is 5.56 Å². The molecule has 1 aromatic carbocycles. The number of furan rings is 1. The van der Waals surface area contributed by atoms with Crippen molar-refractivity contribution in [3.63, 3.8) is 0 Å².